The maximum Gasteiger partial charge on any atom is 0.165 e. The molecule has 1 atom stereocenters. The van der Waals surface area contributed by atoms with E-state index in [9.17, 15) is 4.79 Å². The third-order valence-electron chi connectivity index (χ3n) is 3.92. The highest BCUT2D eigenvalue weighted by atomic mass is 16.1. The first-order valence-corrected chi connectivity index (χ1v) is 8.05. The fourth-order valence-corrected chi connectivity index (χ4v) is 2.66. The van der Waals surface area contributed by atoms with E-state index in [1.165, 1.54) is 0 Å². The Morgan fingerprint density at radius 3 is 2.33 bits per heavy atom. The number of carbonyl (C=O) groups excluding carboxylic acids is 1. The highest BCUT2D eigenvalue weighted by Crippen LogP contribution is 2.24. The molecule has 1 aromatic heterocycles. The van der Waals surface area contributed by atoms with Gasteiger partial charge in [0, 0.05) is 18.2 Å². The second-order valence-corrected chi connectivity index (χ2v) is 5.82. The lowest BCUT2D eigenvalue weighted by molar-refractivity contribution is 0.0976. The molecule has 3 heteroatoms. The number of rotatable bonds is 6. The lowest BCUT2D eigenvalue weighted by atomic mass is 9.98. The number of pyridine rings is 1. The molecule has 0 fully saturated rings. The van der Waals surface area contributed by atoms with Crippen molar-refractivity contribution < 1.29 is 4.79 Å². The Kier molecular flexibility index (Phi) is 5.02. The molecule has 0 aliphatic carbocycles. The third kappa shape index (κ3) is 4.07. The van der Waals surface area contributed by atoms with Crippen molar-refractivity contribution in [1.82, 2.24) is 4.98 Å². The molecule has 0 spiro atoms. The van der Waals surface area contributed by atoms with Crippen LogP contribution in [0, 0.1) is 6.92 Å². The van der Waals surface area contributed by atoms with Crippen LogP contribution in [0.2, 0.25) is 0 Å². The molecular formula is C21H20N2O. The van der Waals surface area contributed by atoms with E-state index in [2.05, 4.69) is 10.3 Å². The van der Waals surface area contributed by atoms with Crippen molar-refractivity contribution in [1.29, 1.82) is 0 Å². The van der Waals surface area contributed by atoms with E-state index in [0.29, 0.717) is 6.42 Å². The average molecular weight is 316 g/mol. The first kappa shape index (κ1) is 15.9. The Bertz CT molecular complexity index is 800. The largest absolute Gasteiger partial charge is 0.363 e. The molecule has 3 nitrogen and oxygen atoms in total. The van der Waals surface area contributed by atoms with Gasteiger partial charge in [0.25, 0.3) is 0 Å². The number of aryl methyl sites for hydroxylation is 1. The Morgan fingerprint density at radius 1 is 1.00 bits per heavy atom. The summed E-state index contributed by atoms with van der Waals surface area (Å²) in [5.41, 5.74) is 2.94. The van der Waals surface area contributed by atoms with Crippen LogP contribution in [0.15, 0.2) is 79.0 Å². The van der Waals surface area contributed by atoms with E-state index in [0.717, 1.165) is 22.5 Å². The Labute approximate surface area is 142 Å². The molecule has 0 bridgehead atoms. The molecule has 0 saturated carbocycles. The quantitative estimate of drug-likeness (QED) is 0.663. The van der Waals surface area contributed by atoms with Crippen LogP contribution in [-0.2, 0) is 0 Å². The van der Waals surface area contributed by atoms with Crippen LogP contribution in [0.4, 0.5) is 5.82 Å². The van der Waals surface area contributed by atoms with E-state index in [1.807, 2.05) is 79.7 Å². The third-order valence-corrected chi connectivity index (χ3v) is 3.92. The number of aromatic nitrogens is 1. The van der Waals surface area contributed by atoms with Crippen LogP contribution in [-0.4, -0.2) is 10.8 Å². The highest BCUT2D eigenvalue weighted by molar-refractivity contribution is 5.96. The molecule has 0 aliphatic heterocycles. The van der Waals surface area contributed by atoms with E-state index in [4.69, 9.17) is 0 Å². The van der Waals surface area contributed by atoms with Crippen LogP contribution in [0.25, 0.3) is 0 Å². The number of nitrogens with one attached hydrogen (secondary N) is 1. The summed E-state index contributed by atoms with van der Waals surface area (Å²) in [7, 11) is 0. The minimum absolute atomic E-state index is 0.115. The molecule has 0 amide bonds. The van der Waals surface area contributed by atoms with Crippen molar-refractivity contribution in [3.05, 3.63) is 95.7 Å². The molecule has 3 aromatic rings. The molecule has 24 heavy (non-hydrogen) atoms. The van der Waals surface area contributed by atoms with Gasteiger partial charge in [0.1, 0.15) is 5.82 Å². The molecule has 0 radical (unpaired) electrons. The molecule has 1 N–H and O–H groups in total. The molecule has 1 unspecified atom stereocenters. The molecule has 1 heterocycles. The Hall–Kier alpha value is -2.94. The van der Waals surface area contributed by atoms with Crippen molar-refractivity contribution in [2.45, 2.75) is 19.4 Å². The summed E-state index contributed by atoms with van der Waals surface area (Å²) < 4.78 is 0. The second-order valence-electron chi connectivity index (χ2n) is 5.82. The number of benzene rings is 2. The van der Waals surface area contributed by atoms with E-state index >= 15 is 0 Å². The van der Waals surface area contributed by atoms with Gasteiger partial charge in [0.15, 0.2) is 5.78 Å². The number of hydrogen-bond donors (Lipinski definition) is 1. The monoisotopic (exact) mass is 316 g/mol. The van der Waals surface area contributed by atoms with Gasteiger partial charge in [0.05, 0.1) is 6.04 Å². The van der Waals surface area contributed by atoms with Gasteiger partial charge in [-0.05, 0) is 30.2 Å². The predicted octanol–water partition coefficient (Wildman–Crippen LogP) is 4.82. The van der Waals surface area contributed by atoms with Gasteiger partial charge >= 0.3 is 0 Å². The van der Waals surface area contributed by atoms with Crippen molar-refractivity contribution in [2.75, 3.05) is 5.32 Å². The summed E-state index contributed by atoms with van der Waals surface area (Å²) >= 11 is 0. The smallest absolute Gasteiger partial charge is 0.165 e. The van der Waals surface area contributed by atoms with Crippen LogP contribution in [0.1, 0.15) is 33.9 Å². The minimum atomic E-state index is -0.117. The van der Waals surface area contributed by atoms with Crippen LogP contribution in [0.5, 0.6) is 0 Å². The number of anilines is 1. The molecule has 3 rings (SSSR count). The van der Waals surface area contributed by atoms with Crippen molar-refractivity contribution in [2.24, 2.45) is 0 Å². The average Bonchev–Trinajstić information content (AvgIpc) is 2.63. The maximum absolute atomic E-state index is 12.6. The zero-order valence-electron chi connectivity index (χ0n) is 13.6. The summed E-state index contributed by atoms with van der Waals surface area (Å²) in [6.45, 7) is 2.03. The zero-order valence-corrected chi connectivity index (χ0v) is 13.6. The normalized spacial score (nSPS) is 11.7. The second kappa shape index (κ2) is 7.55. The van der Waals surface area contributed by atoms with Gasteiger partial charge in [-0.1, -0.05) is 60.7 Å². The molecule has 120 valence electrons. The summed E-state index contributed by atoms with van der Waals surface area (Å²) in [6.07, 6.45) is 2.16. The first-order valence-electron chi connectivity index (χ1n) is 8.05. The molecule has 0 saturated heterocycles. The lowest BCUT2D eigenvalue weighted by Crippen LogP contribution is -2.16. The van der Waals surface area contributed by atoms with Gasteiger partial charge in [-0.15, -0.1) is 0 Å². The van der Waals surface area contributed by atoms with Gasteiger partial charge in [-0.3, -0.25) is 4.79 Å². The van der Waals surface area contributed by atoms with E-state index < -0.39 is 0 Å². The SMILES string of the molecule is Cc1ccnc(NC(CC(=O)c2ccccc2)c2ccccc2)c1. The Balaban J connectivity index is 1.84. The summed E-state index contributed by atoms with van der Waals surface area (Å²) in [4.78, 5) is 17.0. The van der Waals surface area contributed by atoms with Gasteiger partial charge < -0.3 is 5.32 Å². The fourth-order valence-electron chi connectivity index (χ4n) is 2.66. The minimum Gasteiger partial charge on any atom is -0.363 e. The number of carbonyl (C=O) groups is 1. The molecule has 2 aromatic carbocycles. The zero-order chi connectivity index (χ0) is 16.8. The molecule has 0 aliphatic rings. The van der Waals surface area contributed by atoms with Gasteiger partial charge in [-0.25, -0.2) is 4.98 Å². The van der Waals surface area contributed by atoms with Crippen LogP contribution in [0.3, 0.4) is 0 Å². The highest BCUT2D eigenvalue weighted by Gasteiger charge is 2.17. The Morgan fingerprint density at radius 2 is 1.67 bits per heavy atom. The summed E-state index contributed by atoms with van der Waals surface area (Å²) in [5, 5.41) is 3.40. The number of hydrogen-bond acceptors (Lipinski definition) is 3. The number of Topliss-reactive ketones (excluding diaryl/α,β-unsaturated/α-hetero) is 1. The topological polar surface area (TPSA) is 42.0 Å². The van der Waals surface area contributed by atoms with Crippen molar-refractivity contribution >= 4 is 11.6 Å². The predicted molar refractivity (Wildman–Crippen MR) is 97.2 cm³/mol. The fraction of sp³-hybridized carbons (Fsp3) is 0.143. The van der Waals surface area contributed by atoms with Gasteiger partial charge in [0.2, 0.25) is 0 Å². The van der Waals surface area contributed by atoms with Crippen LogP contribution >= 0.6 is 0 Å². The van der Waals surface area contributed by atoms with Crippen LogP contribution < -0.4 is 5.32 Å². The first-order chi connectivity index (χ1) is 11.7. The summed E-state index contributed by atoms with van der Waals surface area (Å²) in [5.74, 6) is 0.898. The lowest BCUT2D eigenvalue weighted by Gasteiger charge is -2.19. The van der Waals surface area contributed by atoms with E-state index in [-0.39, 0.29) is 11.8 Å². The van der Waals surface area contributed by atoms with Gasteiger partial charge in [-0.2, -0.15) is 0 Å². The number of nitrogens with zero attached hydrogens (tertiary/aromatic N) is 1. The van der Waals surface area contributed by atoms with E-state index in [1.54, 1.807) is 6.20 Å². The molecular weight excluding hydrogens is 296 g/mol. The van der Waals surface area contributed by atoms with Crippen molar-refractivity contribution in [3.8, 4) is 0 Å². The summed E-state index contributed by atoms with van der Waals surface area (Å²) in [6, 6.07) is 23.3. The number of ketones is 1. The maximum atomic E-state index is 12.6. The van der Waals surface area contributed by atoms with Crippen molar-refractivity contribution in [3.63, 3.8) is 0 Å². The standard InChI is InChI=1S/C21H20N2O/c1-16-12-13-22-21(14-16)23-19(17-8-4-2-5-9-17)15-20(24)18-10-6-3-7-11-18/h2-14,19H,15H2,1H3,(H,22,23).